The Bertz CT molecular complexity index is 395. The van der Waals surface area contributed by atoms with Crippen molar-refractivity contribution in [2.45, 2.75) is 45.2 Å². The first-order valence-electron chi connectivity index (χ1n) is 6.25. The summed E-state index contributed by atoms with van der Waals surface area (Å²) >= 11 is 0. The summed E-state index contributed by atoms with van der Waals surface area (Å²) in [6.07, 6.45) is 5.96. The van der Waals surface area contributed by atoms with Crippen LogP contribution in [0, 0.1) is 6.92 Å². The van der Waals surface area contributed by atoms with Gasteiger partial charge in [0.05, 0.1) is 11.8 Å². The zero-order valence-corrected chi connectivity index (χ0v) is 10.3. The minimum atomic E-state index is 0.00574. The molecule has 1 aromatic heterocycles. The number of hydrogen-bond donors (Lipinski definition) is 2. The number of amides is 1. The van der Waals surface area contributed by atoms with Gasteiger partial charge in [-0.1, -0.05) is 0 Å². The third kappa shape index (κ3) is 2.66. The number of carbonyl (C=O) groups is 1. The first-order valence-corrected chi connectivity index (χ1v) is 6.25. The van der Waals surface area contributed by atoms with Gasteiger partial charge in [-0.25, -0.2) is 0 Å². The van der Waals surface area contributed by atoms with E-state index in [9.17, 15) is 4.79 Å². The molecule has 94 valence electrons. The van der Waals surface area contributed by atoms with Gasteiger partial charge >= 0.3 is 0 Å². The van der Waals surface area contributed by atoms with Crippen LogP contribution in [0.1, 0.15) is 41.7 Å². The third-order valence-electron chi connectivity index (χ3n) is 3.36. The fourth-order valence-corrected chi connectivity index (χ4v) is 1.95. The lowest BCUT2D eigenvalue weighted by Crippen LogP contribution is -2.39. The maximum Gasteiger partial charge on any atom is 0.254 e. The minimum Gasteiger partial charge on any atom is -0.349 e. The minimum absolute atomic E-state index is 0.00574. The van der Waals surface area contributed by atoms with E-state index in [0.717, 1.165) is 31.5 Å². The summed E-state index contributed by atoms with van der Waals surface area (Å²) in [7, 11) is 0. The van der Waals surface area contributed by atoms with Gasteiger partial charge in [0.25, 0.3) is 5.91 Å². The topological polar surface area (TPSA) is 72.9 Å². The normalized spacial score (nSPS) is 15.6. The molecule has 1 aliphatic rings. The number of nitrogens with zero attached hydrogens (tertiary/aromatic N) is 2. The van der Waals surface area contributed by atoms with Crippen LogP contribution >= 0.6 is 0 Å². The zero-order valence-electron chi connectivity index (χ0n) is 10.3. The third-order valence-corrected chi connectivity index (χ3v) is 3.36. The Morgan fingerprint density at radius 3 is 3.00 bits per heavy atom. The molecule has 0 aromatic carbocycles. The zero-order chi connectivity index (χ0) is 12.3. The lowest BCUT2D eigenvalue weighted by atomic mass is 9.93. The number of carbonyl (C=O) groups excluding carboxylic acids is 1. The first kappa shape index (κ1) is 12.1. The van der Waals surface area contributed by atoms with E-state index >= 15 is 0 Å². The van der Waals surface area contributed by atoms with Crippen LogP contribution in [0.4, 0.5) is 0 Å². The van der Waals surface area contributed by atoms with Crippen molar-refractivity contribution in [3.05, 3.63) is 17.5 Å². The van der Waals surface area contributed by atoms with Gasteiger partial charge in [0.15, 0.2) is 0 Å². The molecule has 3 N–H and O–H groups in total. The molecule has 1 aromatic rings. The van der Waals surface area contributed by atoms with Crippen LogP contribution in [-0.2, 0) is 6.54 Å². The summed E-state index contributed by atoms with van der Waals surface area (Å²) in [5.74, 6) is 0.00574. The molecule has 1 aliphatic carbocycles. The average Bonchev–Trinajstić information content (AvgIpc) is 2.62. The Kier molecular flexibility index (Phi) is 3.78. The second-order valence-corrected chi connectivity index (χ2v) is 4.61. The highest BCUT2D eigenvalue weighted by Crippen LogP contribution is 2.19. The number of nitrogens with one attached hydrogen (secondary N) is 1. The van der Waals surface area contributed by atoms with Crippen molar-refractivity contribution >= 4 is 5.91 Å². The molecule has 0 unspecified atom stereocenters. The fraction of sp³-hybridized carbons (Fsp3) is 0.667. The summed E-state index contributed by atoms with van der Waals surface area (Å²) in [6, 6.07) is 0.370. The smallest absolute Gasteiger partial charge is 0.254 e. The summed E-state index contributed by atoms with van der Waals surface area (Å²) in [5, 5.41) is 7.25. The van der Waals surface area contributed by atoms with Gasteiger partial charge in [0, 0.05) is 18.3 Å². The molecule has 0 bridgehead atoms. The predicted molar refractivity (Wildman–Crippen MR) is 65.7 cm³/mol. The summed E-state index contributed by atoms with van der Waals surface area (Å²) in [6.45, 7) is 3.35. The molecule has 0 saturated heterocycles. The summed E-state index contributed by atoms with van der Waals surface area (Å²) < 4.78 is 1.85. The van der Waals surface area contributed by atoms with E-state index < -0.39 is 0 Å². The number of aryl methyl sites for hydroxylation is 1. The van der Waals surface area contributed by atoms with E-state index in [1.807, 2.05) is 11.6 Å². The Morgan fingerprint density at radius 1 is 1.65 bits per heavy atom. The van der Waals surface area contributed by atoms with Crippen LogP contribution in [0.2, 0.25) is 0 Å². The van der Waals surface area contributed by atoms with Gasteiger partial charge in [-0.3, -0.25) is 9.48 Å². The van der Waals surface area contributed by atoms with Crippen LogP contribution in [0.25, 0.3) is 0 Å². The number of rotatable bonds is 5. The van der Waals surface area contributed by atoms with E-state index in [0.29, 0.717) is 18.2 Å². The predicted octanol–water partition coefficient (Wildman–Crippen LogP) is 0.823. The van der Waals surface area contributed by atoms with Crippen LogP contribution in [-0.4, -0.2) is 28.3 Å². The van der Waals surface area contributed by atoms with E-state index in [1.165, 1.54) is 6.42 Å². The maximum absolute atomic E-state index is 12.0. The molecule has 5 nitrogen and oxygen atoms in total. The highest BCUT2D eigenvalue weighted by atomic mass is 16.1. The van der Waals surface area contributed by atoms with E-state index in [2.05, 4.69) is 10.4 Å². The Labute approximate surface area is 101 Å². The fourth-order valence-electron chi connectivity index (χ4n) is 1.95. The number of hydrogen-bond acceptors (Lipinski definition) is 3. The number of aromatic nitrogens is 2. The molecular formula is C12H20N4O. The molecule has 0 aliphatic heterocycles. The SMILES string of the molecule is Cc1c(C(=O)NC2CCC2)cnn1CCCN. The molecule has 1 fully saturated rings. The lowest BCUT2D eigenvalue weighted by Gasteiger charge is -2.26. The lowest BCUT2D eigenvalue weighted by molar-refractivity contribution is 0.0916. The molecule has 1 heterocycles. The Hall–Kier alpha value is -1.36. The second-order valence-electron chi connectivity index (χ2n) is 4.61. The second kappa shape index (κ2) is 5.31. The molecule has 2 rings (SSSR count). The van der Waals surface area contributed by atoms with Gasteiger partial charge in [-0.2, -0.15) is 5.10 Å². The standard InChI is InChI=1S/C12H20N4O/c1-9-11(8-14-16(9)7-3-6-13)12(17)15-10-4-2-5-10/h8,10H,2-7,13H2,1H3,(H,15,17). The highest BCUT2D eigenvalue weighted by molar-refractivity contribution is 5.95. The number of nitrogens with two attached hydrogens (primary N) is 1. The molecule has 5 heteroatoms. The average molecular weight is 236 g/mol. The van der Waals surface area contributed by atoms with E-state index in [4.69, 9.17) is 5.73 Å². The maximum atomic E-state index is 12.0. The Balaban J connectivity index is 1.99. The monoisotopic (exact) mass is 236 g/mol. The van der Waals surface area contributed by atoms with Crippen molar-refractivity contribution in [3.63, 3.8) is 0 Å². The van der Waals surface area contributed by atoms with Crippen LogP contribution < -0.4 is 11.1 Å². The molecule has 0 spiro atoms. The van der Waals surface area contributed by atoms with Crippen molar-refractivity contribution in [2.24, 2.45) is 5.73 Å². The quantitative estimate of drug-likeness (QED) is 0.795. The van der Waals surface area contributed by atoms with Gasteiger partial charge in [-0.05, 0) is 39.2 Å². The van der Waals surface area contributed by atoms with Gasteiger partial charge < -0.3 is 11.1 Å². The van der Waals surface area contributed by atoms with E-state index in [1.54, 1.807) is 6.20 Å². The molecule has 1 amide bonds. The molecule has 17 heavy (non-hydrogen) atoms. The van der Waals surface area contributed by atoms with Crippen LogP contribution in [0.5, 0.6) is 0 Å². The summed E-state index contributed by atoms with van der Waals surface area (Å²) in [5.41, 5.74) is 7.08. The molecule has 0 atom stereocenters. The molecule has 0 radical (unpaired) electrons. The summed E-state index contributed by atoms with van der Waals surface area (Å²) in [4.78, 5) is 12.0. The van der Waals surface area contributed by atoms with Gasteiger partial charge in [0.1, 0.15) is 0 Å². The van der Waals surface area contributed by atoms with Crippen molar-refractivity contribution < 1.29 is 4.79 Å². The van der Waals surface area contributed by atoms with Crippen LogP contribution in [0.3, 0.4) is 0 Å². The first-order chi connectivity index (χ1) is 8.22. The molecule has 1 saturated carbocycles. The van der Waals surface area contributed by atoms with Crippen molar-refractivity contribution in [1.29, 1.82) is 0 Å². The van der Waals surface area contributed by atoms with Gasteiger partial charge in [0.2, 0.25) is 0 Å². The largest absolute Gasteiger partial charge is 0.349 e. The van der Waals surface area contributed by atoms with Crippen molar-refractivity contribution in [1.82, 2.24) is 15.1 Å². The molecular weight excluding hydrogens is 216 g/mol. The highest BCUT2D eigenvalue weighted by Gasteiger charge is 2.22. The Morgan fingerprint density at radius 2 is 2.41 bits per heavy atom. The van der Waals surface area contributed by atoms with E-state index in [-0.39, 0.29) is 5.91 Å². The van der Waals surface area contributed by atoms with Crippen LogP contribution in [0.15, 0.2) is 6.20 Å². The van der Waals surface area contributed by atoms with Crippen molar-refractivity contribution in [2.75, 3.05) is 6.54 Å². The van der Waals surface area contributed by atoms with Gasteiger partial charge in [-0.15, -0.1) is 0 Å². The van der Waals surface area contributed by atoms with Crippen molar-refractivity contribution in [3.8, 4) is 0 Å².